The maximum atomic E-state index is 14.6. The molecule has 316 valence electrons. The summed E-state index contributed by atoms with van der Waals surface area (Å²) in [7, 11) is 0. The SMILES string of the molecule is Cc1cc(C#N)cc(-c2cc(-n3c4ccccc4c4ccc(-c5ccc(C(F)(F)F)cc5C)cc43)c(C#N)cc2-n2c3ccccc3c3ccc(-c4ccc(C)cc4C(F)(F)F)cc32)c1. The number of fused-ring (bicyclic) bond motifs is 6. The van der Waals surface area contributed by atoms with Gasteiger partial charge in [0.05, 0.1) is 61.8 Å². The third kappa shape index (κ3) is 6.86. The van der Waals surface area contributed by atoms with Crippen molar-refractivity contribution in [2.24, 2.45) is 0 Å². The van der Waals surface area contributed by atoms with Gasteiger partial charge in [-0.25, -0.2) is 0 Å². The Morgan fingerprint density at radius 2 is 1.02 bits per heavy atom. The zero-order chi connectivity index (χ0) is 45.5. The molecule has 0 spiro atoms. The average molecular weight is 865 g/mol. The topological polar surface area (TPSA) is 57.4 Å². The van der Waals surface area contributed by atoms with E-state index in [1.807, 2.05) is 101 Å². The van der Waals surface area contributed by atoms with Crippen LogP contribution in [0.3, 0.4) is 0 Å². The van der Waals surface area contributed by atoms with Gasteiger partial charge in [0, 0.05) is 27.1 Å². The molecule has 0 fully saturated rings. The molecule has 0 aliphatic heterocycles. The van der Waals surface area contributed by atoms with Crippen LogP contribution in [0.1, 0.15) is 38.9 Å². The maximum Gasteiger partial charge on any atom is 0.417 e. The summed E-state index contributed by atoms with van der Waals surface area (Å²) in [6.45, 7) is 5.16. The standard InChI is InChI=1S/C55H34F6N4/c1-31-12-16-41(47(22-31)55(59,60)61)36-14-18-45-43-9-5-7-11-49(43)65(52(45)26-36)53-27-38(30-63)50(28-46(53)37-21-32(2)20-34(24-37)29-62)64-48-10-6-4-8-42(48)44-17-13-35(25-51(44)64)40-19-15-39(23-33(40)3)54(56,57)58/h4-28H,1-3H3. The first-order valence-electron chi connectivity index (χ1n) is 20.7. The van der Waals surface area contributed by atoms with Crippen molar-refractivity contribution in [2.75, 3.05) is 0 Å². The van der Waals surface area contributed by atoms with Crippen molar-refractivity contribution in [3.05, 3.63) is 191 Å². The van der Waals surface area contributed by atoms with Crippen molar-refractivity contribution < 1.29 is 26.3 Å². The van der Waals surface area contributed by atoms with Gasteiger partial charge in [-0.15, -0.1) is 0 Å². The van der Waals surface area contributed by atoms with E-state index < -0.39 is 23.5 Å². The summed E-state index contributed by atoms with van der Waals surface area (Å²) in [6.07, 6.45) is -9.11. The summed E-state index contributed by atoms with van der Waals surface area (Å²) in [4.78, 5) is 0. The molecule has 10 rings (SSSR count). The van der Waals surface area contributed by atoms with Gasteiger partial charge in [0.2, 0.25) is 0 Å². The molecule has 0 saturated carbocycles. The molecule has 0 atom stereocenters. The summed E-state index contributed by atoms with van der Waals surface area (Å²) in [5.74, 6) is 0. The average Bonchev–Trinajstić information content (AvgIpc) is 3.79. The summed E-state index contributed by atoms with van der Waals surface area (Å²) in [5, 5.41) is 24.7. The number of halogens is 6. The Morgan fingerprint density at radius 1 is 0.431 bits per heavy atom. The van der Waals surface area contributed by atoms with E-state index >= 15 is 0 Å². The maximum absolute atomic E-state index is 14.6. The minimum absolute atomic E-state index is 0.0321. The Morgan fingerprint density at radius 3 is 1.60 bits per heavy atom. The molecule has 10 aromatic rings. The van der Waals surface area contributed by atoms with Gasteiger partial charge in [0.25, 0.3) is 0 Å². The molecule has 10 heteroatoms. The summed E-state index contributed by atoms with van der Waals surface area (Å²) < 4.78 is 88.8. The third-order valence-electron chi connectivity index (χ3n) is 12.2. The fraction of sp³-hybridized carbons (Fsp3) is 0.0909. The van der Waals surface area contributed by atoms with Crippen LogP contribution in [0.2, 0.25) is 0 Å². The van der Waals surface area contributed by atoms with E-state index in [0.29, 0.717) is 66.9 Å². The van der Waals surface area contributed by atoms with E-state index in [1.54, 1.807) is 50.2 Å². The number of nitriles is 2. The Labute approximate surface area is 369 Å². The van der Waals surface area contributed by atoms with Crippen LogP contribution in [0.25, 0.3) is 88.4 Å². The van der Waals surface area contributed by atoms with Gasteiger partial charge in [0.1, 0.15) is 6.07 Å². The Kier molecular flexibility index (Phi) is 9.47. The van der Waals surface area contributed by atoms with E-state index in [2.05, 4.69) is 12.1 Å². The predicted molar refractivity (Wildman–Crippen MR) is 245 cm³/mol. The fourth-order valence-corrected chi connectivity index (χ4v) is 9.37. The molecule has 0 radical (unpaired) electrons. The Hall–Kier alpha value is -8.08. The lowest BCUT2D eigenvalue weighted by atomic mass is 9.95. The highest BCUT2D eigenvalue weighted by Gasteiger charge is 2.34. The van der Waals surface area contributed by atoms with Gasteiger partial charge in [-0.1, -0.05) is 90.5 Å². The van der Waals surface area contributed by atoms with Crippen LogP contribution in [0.4, 0.5) is 26.3 Å². The van der Waals surface area contributed by atoms with Gasteiger partial charge >= 0.3 is 12.4 Å². The fourth-order valence-electron chi connectivity index (χ4n) is 9.37. The lowest BCUT2D eigenvalue weighted by Crippen LogP contribution is -2.07. The molecular weight excluding hydrogens is 831 g/mol. The quantitative estimate of drug-likeness (QED) is 0.162. The molecule has 8 aromatic carbocycles. The normalized spacial score (nSPS) is 12.0. The van der Waals surface area contributed by atoms with E-state index in [1.165, 1.54) is 12.1 Å². The second-order valence-corrected chi connectivity index (χ2v) is 16.4. The molecule has 0 unspecified atom stereocenters. The second-order valence-electron chi connectivity index (χ2n) is 16.4. The van der Waals surface area contributed by atoms with Crippen LogP contribution in [0, 0.1) is 43.4 Å². The molecule has 0 N–H and O–H groups in total. The highest BCUT2D eigenvalue weighted by Crippen LogP contribution is 2.44. The highest BCUT2D eigenvalue weighted by molar-refractivity contribution is 6.12. The van der Waals surface area contributed by atoms with Crippen molar-refractivity contribution in [3.63, 3.8) is 0 Å². The number of rotatable bonds is 5. The smallest absolute Gasteiger partial charge is 0.309 e. The van der Waals surface area contributed by atoms with Crippen molar-refractivity contribution in [3.8, 4) is 56.9 Å². The van der Waals surface area contributed by atoms with E-state index in [0.717, 1.165) is 56.3 Å². The summed E-state index contributed by atoms with van der Waals surface area (Å²) in [6, 6.07) is 48.4. The molecule has 2 aromatic heterocycles. The molecule has 0 aliphatic rings. The van der Waals surface area contributed by atoms with Crippen molar-refractivity contribution in [1.29, 1.82) is 10.5 Å². The van der Waals surface area contributed by atoms with Gasteiger partial charge in [-0.2, -0.15) is 36.9 Å². The molecule has 4 nitrogen and oxygen atoms in total. The molecule has 0 amide bonds. The monoisotopic (exact) mass is 864 g/mol. The van der Waals surface area contributed by atoms with Gasteiger partial charge in [-0.05, 0) is 126 Å². The van der Waals surface area contributed by atoms with Crippen molar-refractivity contribution >= 4 is 43.6 Å². The number of aryl methyl sites for hydroxylation is 3. The van der Waals surface area contributed by atoms with Crippen LogP contribution in [0.15, 0.2) is 152 Å². The Bertz CT molecular complexity index is 3700. The largest absolute Gasteiger partial charge is 0.417 e. The highest BCUT2D eigenvalue weighted by atomic mass is 19.4. The van der Waals surface area contributed by atoms with Gasteiger partial charge in [0.15, 0.2) is 0 Å². The number of alkyl halides is 6. The van der Waals surface area contributed by atoms with Crippen LogP contribution in [-0.2, 0) is 12.4 Å². The second kappa shape index (κ2) is 15.0. The number of nitrogens with zero attached hydrogens (tertiary/aromatic N) is 4. The lowest BCUT2D eigenvalue weighted by Gasteiger charge is -2.20. The summed E-state index contributed by atoms with van der Waals surface area (Å²) in [5.41, 5.74) is 7.86. The molecule has 0 bridgehead atoms. The lowest BCUT2D eigenvalue weighted by molar-refractivity contribution is -0.138. The number of para-hydroxylation sites is 2. The number of hydrogen-bond donors (Lipinski definition) is 0. The van der Waals surface area contributed by atoms with E-state index in [9.17, 15) is 36.9 Å². The van der Waals surface area contributed by atoms with Gasteiger partial charge < -0.3 is 9.13 Å². The van der Waals surface area contributed by atoms with Crippen LogP contribution >= 0.6 is 0 Å². The third-order valence-corrected chi connectivity index (χ3v) is 12.2. The van der Waals surface area contributed by atoms with Crippen LogP contribution < -0.4 is 0 Å². The molecule has 0 saturated heterocycles. The first-order chi connectivity index (χ1) is 31.1. The minimum atomic E-state index is -4.61. The minimum Gasteiger partial charge on any atom is -0.309 e. The number of hydrogen-bond acceptors (Lipinski definition) is 2. The molecular formula is C55H34F6N4. The first-order valence-corrected chi connectivity index (χ1v) is 20.7. The zero-order valence-corrected chi connectivity index (χ0v) is 35.0. The first kappa shape index (κ1) is 41.0. The number of aromatic nitrogens is 2. The van der Waals surface area contributed by atoms with Crippen molar-refractivity contribution in [1.82, 2.24) is 9.13 Å². The van der Waals surface area contributed by atoms with Gasteiger partial charge in [-0.3, -0.25) is 0 Å². The van der Waals surface area contributed by atoms with E-state index in [4.69, 9.17) is 0 Å². The van der Waals surface area contributed by atoms with Crippen LogP contribution in [-0.4, -0.2) is 9.13 Å². The Balaban J connectivity index is 1.29. The van der Waals surface area contributed by atoms with Crippen LogP contribution in [0.5, 0.6) is 0 Å². The summed E-state index contributed by atoms with van der Waals surface area (Å²) >= 11 is 0. The predicted octanol–water partition coefficient (Wildman–Crippen LogP) is 15.6. The zero-order valence-electron chi connectivity index (χ0n) is 35.0. The van der Waals surface area contributed by atoms with Crippen molar-refractivity contribution in [2.45, 2.75) is 33.1 Å². The number of benzene rings is 8. The molecule has 2 heterocycles. The molecule has 0 aliphatic carbocycles. The van der Waals surface area contributed by atoms with E-state index in [-0.39, 0.29) is 11.1 Å². The molecule has 65 heavy (non-hydrogen) atoms.